The Morgan fingerprint density at radius 3 is 2.73 bits per heavy atom. The highest BCUT2D eigenvalue weighted by Crippen LogP contribution is 2.38. The molecular weight excluding hydrogens is 324 g/mol. The molecule has 142 valence electrons. The number of rotatable bonds is 6. The molecule has 0 bridgehead atoms. The van der Waals surface area contributed by atoms with Crippen LogP contribution in [0.3, 0.4) is 0 Å². The molecule has 1 heterocycles. The van der Waals surface area contributed by atoms with Crippen molar-refractivity contribution in [3.63, 3.8) is 0 Å². The molecule has 26 heavy (non-hydrogen) atoms. The minimum absolute atomic E-state index is 0.144. The first-order chi connectivity index (χ1) is 12.6. The number of nitrogens with one attached hydrogen (secondary N) is 2. The molecular formula is C22H32N2O2. The van der Waals surface area contributed by atoms with E-state index >= 15 is 0 Å². The summed E-state index contributed by atoms with van der Waals surface area (Å²) in [6.07, 6.45) is 6.30. The van der Waals surface area contributed by atoms with Crippen LogP contribution in [0.1, 0.15) is 57.9 Å². The van der Waals surface area contributed by atoms with E-state index in [-0.39, 0.29) is 29.8 Å². The van der Waals surface area contributed by atoms with Crippen LogP contribution in [0.2, 0.25) is 0 Å². The molecule has 0 radical (unpaired) electrons. The number of carbonyl (C=O) groups is 2. The summed E-state index contributed by atoms with van der Waals surface area (Å²) in [7, 11) is 0. The third-order valence-corrected chi connectivity index (χ3v) is 6.40. The van der Waals surface area contributed by atoms with Crippen LogP contribution >= 0.6 is 0 Å². The number of carbonyl (C=O) groups excluding carboxylic acids is 2. The molecule has 1 aliphatic carbocycles. The maximum atomic E-state index is 12.3. The Morgan fingerprint density at radius 1 is 1.23 bits per heavy atom. The predicted molar refractivity (Wildman–Crippen MR) is 104 cm³/mol. The summed E-state index contributed by atoms with van der Waals surface area (Å²) >= 11 is 0. The quantitative estimate of drug-likeness (QED) is 0.820. The van der Waals surface area contributed by atoms with E-state index < -0.39 is 0 Å². The molecule has 0 spiro atoms. The van der Waals surface area contributed by atoms with Crippen LogP contribution in [0.25, 0.3) is 0 Å². The fourth-order valence-corrected chi connectivity index (χ4v) is 4.90. The van der Waals surface area contributed by atoms with Crippen LogP contribution in [0.4, 0.5) is 0 Å². The second-order valence-electron chi connectivity index (χ2n) is 8.07. The molecule has 2 aliphatic rings. The number of amides is 2. The maximum absolute atomic E-state index is 12.3. The Labute approximate surface area is 157 Å². The lowest BCUT2D eigenvalue weighted by atomic mass is 9.67. The van der Waals surface area contributed by atoms with Gasteiger partial charge in [-0.2, -0.15) is 0 Å². The number of benzene rings is 1. The average Bonchev–Trinajstić information content (AvgIpc) is 2.62. The van der Waals surface area contributed by atoms with Gasteiger partial charge in [0.1, 0.15) is 0 Å². The van der Waals surface area contributed by atoms with Gasteiger partial charge in [-0.3, -0.25) is 9.59 Å². The van der Waals surface area contributed by atoms with Crippen LogP contribution in [-0.4, -0.2) is 23.9 Å². The number of hydrogen-bond acceptors (Lipinski definition) is 2. The van der Waals surface area contributed by atoms with Gasteiger partial charge < -0.3 is 10.6 Å². The summed E-state index contributed by atoms with van der Waals surface area (Å²) in [6.45, 7) is 4.33. The summed E-state index contributed by atoms with van der Waals surface area (Å²) in [5.41, 5.74) is 1.28. The molecule has 2 N–H and O–H groups in total. The molecule has 5 atom stereocenters. The van der Waals surface area contributed by atoms with Crippen molar-refractivity contribution in [1.29, 1.82) is 0 Å². The molecule has 5 unspecified atom stereocenters. The number of fused-ring (bicyclic) bond motifs is 1. The lowest BCUT2D eigenvalue weighted by molar-refractivity contribution is -0.133. The Balaban J connectivity index is 1.44. The van der Waals surface area contributed by atoms with Gasteiger partial charge in [0, 0.05) is 24.4 Å². The van der Waals surface area contributed by atoms with Crippen LogP contribution in [0.5, 0.6) is 0 Å². The zero-order valence-corrected chi connectivity index (χ0v) is 16.0. The molecule has 1 aliphatic heterocycles. The third-order valence-electron chi connectivity index (χ3n) is 6.40. The van der Waals surface area contributed by atoms with E-state index in [9.17, 15) is 9.59 Å². The van der Waals surface area contributed by atoms with Gasteiger partial charge in [-0.1, -0.05) is 44.2 Å². The molecule has 1 saturated carbocycles. The molecule has 0 aromatic heterocycles. The first-order valence-corrected chi connectivity index (χ1v) is 10.2. The predicted octanol–water partition coefficient (Wildman–Crippen LogP) is 3.45. The van der Waals surface area contributed by atoms with E-state index in [1.807, 2.05) is 18.2 Å². The van der Waals surface area contributed by atoms with Gasteiger partial charge in [0.25, 0.3) is 0 Å². The maximum Gasteiger partial charge on any atom is 0.223 e. The van der Waals surface area contributed by atoms with Gasteiger partial charge in [-0.25, -0.2) is 0 Å². The lowest BCUT2D eigenvalue weighted by Crippen LogP contribution is -2.58. The molecule has 2 fully saturated rings. The van der Waals surface area contributed by atoms with Gasteiger partial charge in [0.15, 0.2) is 0 Å². The standard InChI is InChI=1S/C22H32N2O2/c1-3-18-15(2)19-13-12-17(14-20(19)24-22(18)26)23-21(25)11-7-10-16-8-5-4-6-9-16/h4-6,8-9,15,17-20H,3,7,10-14H2,1-2H3,(H,23,25)(H,24,26). The SMILES string of the molecule is CCC1C(=O)NC2CC(NC(=O)CCCc3ccccc3)CCC2C1C. The van der Waals surface area contributed by atoms with Gasteiger partial charge in [-0.05, 0) is 55.9 Å². The van der Waals surface area contributed by atoms with Crippen LogP contribution in [0.15, 0.2) is 30.3 Å². The zero-order valence-electron chi connectivity index (χ0n) is 16.0. The number of piperidine rings is 1. The number of aryl methyl sites for hydroxylation is 1. The Bertz CT molecular complexity index is 616. The van der Waals surface area contributed by atoms with Gasteiger partial charge in [-0.15, -0.1) is 0 Å². The minimum atomic E-state index is 0.144. The minimum Gasteiger partial charge on any atom is -0.353 e. The largest absolute Gasteiger partial charge is 0.353 e. The van der Waals surface area contributed by atoms with Crippen molar-refractivity contribution in [3.05, 3.63) is 35.9 Å². The highest BCUT2D eigenvalue weighted by atomic mass is 16.2. The highest BCUT2D eigenvalue weighted by Gasteiger charge is 2.43. The molecule has 3 rings (SSSR count). The summed E-state index contributed by atoms with van der Waals surface area (Å²) in [4.78, 5) is 24.6. The summed E-state index contributed by atoms with van der Waals surface area (Å²) in [5, 5.41) is 6.43. The summed E-state index contributed by atoms with van der Waals surface area (Å²) < 4.78 is 0. The van der Waals surface area contributed by atoms with E-state index in [1.54, 1.807) is 0 Å². The Hall–Kier alpha value is -1.84. The van der Waals surface area contributed by atoms with Gasteiger partial charge in [0.2, 0.25) is 11.8 Å². The molecule has 4 heteroatoms. The number of hydrogen-bond donors (Lipinski definition) is 2. The van der Waals surface area contributed by atoms with Crippen molar-refractivity contribution < 1.29 is 9.59 Å². The van der Waals surface area contributed by atoms with Crippen LogP contribution in [0, 0.1) is 17.8 Å². The second-order valence-corrected chi connectivity index (χ2v) is 8.07. The molecule has 1 aromatic rings. The molecule has 1 saturated heterocycles. The Kier molecular flexibility index (Phi) is 6.33. The van der Waals surface area contributed by atoms with Gasteiger partial charge >= 0.3 is 0 Å². The van der Waals surface area contributed by atoms with E-state index in [4.69, 9.17) is 0 Å². The van der Waals surface area contributed by atoms with E-state index in [1.165, 1.54) is 5.56 Å². The molecule has 2 amide bonds. The van der Waals surface area contributed by atoms with E-state index in [0.717, 1.165) is 38.5 Å². The smallest absolute Gasteiger partial charge is 0.223 e. The van der Waals surface area contributed by atoms with E-state index in [2.05, 4.69) is 36.6 Å². The topological polar surface area (TPSA) is 58.2 Å². The first-order valence-electron chi connectivity index (χ1n) is 10.2. The monoisotopic (exact) mass is 356 g/mol. The van der Waals surface area contributed by atoms with Crippen molar-refractivity contribution in [1.82, 2.24) is 10.6 Å². The second kappa shape index (κ2) is 8.70. The van der Waals surface area contributed by atoms with Crippen LogP contribution in [-0.2, 0) is 16.0 Å². The van der Waals surface area contributed by atoms with E-state index in [0.29, 0.717) is 18.3 Å². The van der Waals surface area contributed by atoms with Crippen molar-refractivity contribution in [2.24, 2.45) is 17.8 Å². The third kappa shape index (κ3) is 4.46. The Morgan fingerprint density at radius 2 is 2.00 bits per heavy atom. The van der Waals surface area contributed by atoms with Gasteiger partial charge in [0.05, 0.1) is 0 Å². The van der Waals surface area contributed by atoms with Crippen LogP contribution < -0.4 is 10.6 Å². The summed E-state index contributed by atoms with van der Waals surface area (Å²) in [6, 6.07) is 10.7. The summed E-state index contributed by atoms with van der Waals surface area (Å²) in [5.74, 6) is 1.51. The van der Waals surface area contributed by atoms with Crippen molar-refractivity contribution >= 4 is 11.8 Å². The van der Waals surface area contributed by atoms with Crippen molar-refractivity contribution in [3.8, 4) is 0 Å². The lowest BCUT2D eigenvalue weighted by Gasteiger charge is -2.46. The first kappa shape index (κ1) is 18.9. The normalized spacial score (nSPS) is 31.0. The molecule has 4 nitrogen and oxygen atoms in total. The molecule has 1 aromatic carbocycles. The van der Waals surface area contributed by atoms with Crippen molar-refractivity contribution in [2.75, 3.05) is 0 Å². The zero-order chi connectivity index (χ0) is 18.5. The average molecular weight is 357 g/mol. The fraction of sp³-hybridized carbons (Fsp3) is 0.636. The highest BCUT2D eigenvalue weighted by molar-refractivity contribution is 5.80. The van der Waals surface area contributed by atoms with Crippen molar-refractivity contribution in [2.45, 2.75) is 70.9 Å². The fourth-order valence-electron chi connectivity index (χ4n) is 4.90.